The fourth-order valence-corrected chi connectivity index (χ4v) is 1.82. The van der Waals surface area contributed by atoms with Gasteiger partial charge in [-0.3, -0.25) is 24.2 Å². The van der Waals surface area contributed by atoms with Crippen LogP contribution in [0.2, 0.25) is 0 Å². The molecule has 0 aromatic heterocycles. The van der Waals surface area contributed by atoms with Crippen LogP contribution in [0.3, 0.4) is 0 Å². The number of aliphatic imine (C=N–C) groups is 1. The molecule has 0 rings (SSSR count). The second-order valence-corrected chi connectivity index (χ2v) is 5.56. The van der Waals surface area contributed by atoms with Gasteiger partial charge in [0.15, 0.2) is 5.96 Å². The molecular weight excluding hydrogens is 330 g/mol. The zero-order valence-corrected chi connectivity index (χ0v) is 14.7. The van der Waals surface area contributed by atoms with E-state index in [-0.39, 0.29) is 24.8 Å². The van der Waals surface area contributed by atoms with Crippen LogP contribution in [0.25, 0.3) is 0 Å². The molecule has 3 unspecified atom stereocenters. The summed E-state index contributed by atoms with van der Waals surface area (Å²) in [7, 11) is 0. The van der Waals surface area contributed by atoms with E-state index in [1.54, 1.807) is 0 Å². The topological polar surface area (TPSA) is 195 Å². The second kappa shape index (κ2) is 10.8. The van der Waals surface area contributed by atoms with Crippen molar-refractivity contribution >= 4 is 29.6 Å². The van der Waals surface area contributed by atoms with Crippen molar-refractivity contribution in [2.45, 2.75) is 51.7 Å². The van der Waals surface area contributed by atoms with Crippen LogP contribution in [0.1, 0.15) is 33.6 Å². The number of nitrogens with two attached hydrogens (primary N) is 3. The lowest BCUT2D eigenvalue weighted by atomic mass is 10.1. The Balaban J connectivity index is 4.89. The highest BCUT2D eigenvalue weighted by molar-refractivity contribution is 5.93. The van der Waals surface area contributed by atoms with Gasteiger partial charge in [-0.25, -0.2) is 0 Å². The highest BCUT2D eigenvalue weighted by Crippen LogP contribution is 2.01. The zero-order valence-electron chi connectivity index (χ0n) is 14.7. The molecule has 11 nitrogen and oxygen atoms in total. The number of hydrogen-bond acceptors (Lipinski definition) is 5. The number of rotatable bonds is 10. The van der Waals surface area contributed by atoms with Gasteiger partial charge in [0, 0.05) is 13.5 Å². The maximum absolute atomic E-state index is 12.3. The molecule has 11 heteroatoms. The normalized spacial score (nSPS) is 13.7. The van der Waals surface area contributed by atoms with E-state index in [9.17, 15) is 19.2 Å². The number of carbonyl (C=O) groups excluding carboxylic acids is 4. The van der Waals surface area contributed by atoms with E-state index in [1.807, 2.05) is 0 Å². The third kappa shape index (κ3) is 9.79. The zero-order chi connectivity index (χ0) is 19.6. The Hall–Kier alpha value is -2.85. The fourth-order valence-electron chi connectivity index (χ4n) is 1.82. The average molecular weight is 357 g/mol. The standard InChI is InChI=1S/C14H27N7O4/c1-7(11(15)23)20-13(25)10(5-4-6-18-14(16)17)21-12(24)8(2)19-9(3)22/h7-8,10H,4-6H2,1-3H3,(H2,15,23)(H,19,22)(H,20,25)(H,21,24)(H4,16,17,18). The number of guanidine groups is 1. The third-order valence-corrected chi connectivity index (χ3v) is 3.18. The van der Waals surface area contributed by atoms with E-state index in [2.05, 4.69) is 20.9 Å². The maximum atomic E-state index is 12.3. The lowest BCUT2D eigenvalue weighted by Gasteiger charge is -2.22. The number of nitrogens with one attached hydrogen (secondary N) is 3. The van der Waals surface area contributed by atoms with Crippen LogP contribution in [0.15, 0.2) is 4.99 Å². The van der Waals surface area contributed by atoms with Crippen molar-refractivity contribution in [3.63, 3.8) is 0 Å². The van der Waals surface area contributed by atoms with Crippen molar-refractivity contribution in [3.05, 3.63) is 0 Å². The van der Waals surface area contributed by atoms with Gasteiger partial charge in [-0.15, -0.1) is 0 Å². The Kier molecular flexibility index (Phi) is 9.60. The maximum Gasteiger partial charge on any atom is 0.243 e. The molecule has 0 radical (unpaired) electrons. The molecule has 0 saturated heterocycles. The number of amides is 4. The van der Waals surface area contributed by atoms with Gasteiger partial charge in [-0.2, -0.15) is 0 Å². The Morgan fingerprint density at radius 2 is 1.52 bits per heavy atom. The van der Waals surface area contributed by atoms with Gasteiger partial charge in [0.25, 0.3) is 0 Å². The minimum Gasteiger partial charge on any atom is -0.370 e. The van der Waals surface area contributed by atoms with Crippen LogP contribution in [0.4, 0.5) is 0 Å². The molecule has 0 aliphatic heterocycles. The first kappa shape index (κ1) is 22.1. The quantitative estimate of drug-likeness (QED) is 0.137. The Bertz CT molecular complexity index is 531. The molecule has 25 heavy (non-hydrogen) atoms. The molecule has 0 heterocycles. The molecule has 0 aliphatic rings. The SMILES string of the molecule is CC(=O)NC(C)C(=O)NC(CCCN=C(N)N)C(=O)NC(C)C(N)=O. The molecule has 0 fully saturated rings. The summed E-state index contributed by atoms with van der Waals surface area (Å²) in [6, 6.07) is -2.64. The molecule has 142 valence electrons. The van der Waals surface area contributed by atoms with Crippen molar-refractivity contribution in [1.82, 2.24) is 16.0 Å². The van der Waals surface area contributed by atoms with Crippen molar-refractivity contribution in [1.29, 1.82) is 0 Å². The van der Waals surface area contributed by atoms with Gasteiger partial charge in [0.1, 0.15) is 18.1 Å². The summed E-state index contributed by atoms with van der Waals surface area (Å²) in [6.45, 7) is 4.46. The summed E-state index contributed by atoms with van der Waals surface area (Å²) in [6.07, 6.45) is 0.641. The molecule has 0 aromatic rings. The monoisotopic (exact) mass is 357 g/mol. The van der Waals surface area contributed by atoms with Gasteiger partial charge < -0.3 is 33.2 Å². The van der Waals surface area contributed by atoms with E-state index in [1.165, 1.54) is 20.8 Å². The van der Waals surface area contributed by atoms with E-state index >= 15 is 0 Å². The summed E-state index contributed by atoms with van der Waals surface area (Å²) >= 11 is 0. The molecule has 0 spiro atoms. The summed E-state index contributed by atoms with van der Waals surface area (Å²) in [5.74, 6) is -2.26. The van der Waals surface area contributed by atoms with Crippen LogP contribution in [-0.2, 0) is 19.2 Å². The number of primary amides is 1. The minimum atomic E-state index is -0.931. The molecule has 0 bridgehead atoms. The largest absolute Gasteiger partial charge is 0.370 e. The molecule has 0 saturated carbocycles. The predicted molar refractivity (Wildman–Crippen MR) is 91.9 cm³/mol. The van der Waals surface area contributed by atoms with Crippen molar-refractivity contribution < 1.29 is 19.2 Å². The van der Waals surface area contributed by atoms with Crippen LogP contribution in [0, 0.1) is 0 Å². The molecular formula is C14H27N7O4. The minimum absolute atomic E-state index is 0.0772. The van der Waals surface area contributed by atoms with E-state index < -0.39 is 35.8 Å². The Morgan fingerprint density at radius 1 is 0.920 bits per heavy atom. The highest BCUT2D eigenvalue weighted by Gasteiger charge is 2.25. The molecule has 9 N–H and O–H groups in total. The van der Waals surface area contributed by atoms with Gasteiger partial charge in [0.05, 0.1) is 0 Å². The smallest absolute Gasteiger partial charge is 0.243 e. The first-order valence-corrected chi connectivity index (χ1v) is 7.77. The van der Waals surface area contributed by atoms with E-state index in [0.717, 1.165) is 0 Å². The van der Waals surface area contributed by atoms with Crippen molar-refractivity contribution in [2.75, 3.05) is 6.54 Å². The number of hydrogen-bond donors (Lipinski definition) is 6. The third-order valence-electron chi connectivity index (χ3n) is 3.18. The van der Waals surface area contributed by atoms with Gasteiger partial charge in [-0.05, 0) is 26.7 Å². The summed E-state index contributed by atoms with van der Waals surface area (Å²) in [4.78, 5) is 50.2. The van der Waals surface area contributed by atoms with Crippen LogP contribution in [-0.4, -0.2) is 54.3 Å². The van der Waals surface area contributed by atoms with Gasteiger partial charge in [-0.1, -0.05) is 0 Å². The summed E-state index contributed by atoms with van der Waals surface area (Å²) in [5, 5.41) is 7.36. The first-order chi connectivity index (χ1) is 11.5. The lowest BCUT2D eigenvalue weighted by molar-refractivity contribution is -0.132. The van der Waals surface area contributed by atoms with Crippen LogP contribution >= 0.6 is 0 Å². The van der Waals surface area contributed by atoms with Gasteiger partial charge in [0.2, 0.25) is 23.6 Å². The lowest BCUT2D eigenvalue weighted by Crippen LogP contribution is -2.55. The van der Waals surface area contributed by atoms with Gasteiger partial charge >= 0.3 is 0 Å². The van der Waals surface area contributed by atoms with E-state index in [0.29, 0.717) is 6.42 Å². The highest BCUT2D eigenvalue weighted by atomic mass is 16.2. The summed E-state index contributed by atoms with van der Waals surface area (Å²) in [5.41, 5.74) is 15.6. The van der Waals surface area contributed by atoms with Crippen molar-refractivity contribution in [2.24, 2.45) is 22.2 Å². The molecule has 0 aromatic carbocycles. The second-order valence-electron chi connectivity index (χ2n) is 5.56. The molecule has 0 aliphatic carbocycles. The predicted octanol–water partition coefficient (Wildman–Crippen LogP) is -2.96. The Labute approximate surface area is 146 Å². The average Bonchev–Trinajstić information content (AvgIpc) is 2.48. The number of carbonyl (C=O) groups is 4. The summed E-state index contributed by atoms with van der Waals surface area (Å²) < 4.78 is 0. The first-order valence-electron chi connectivity index (χ1n) is 7.77. The van der Waals surface area contributed by atoms with Crippen molar-refractivity contribution in [3.8, 4) is 0 Å². The number of nitrogens with zero attached hydrogens (tertiary/aromatic N) is 1. The molecule has 4 amide bonds. The molecule has 3 atom stereocenters. The van der Waals surface area contributed by atoms with Crippen LogP contribution < -0.4 is 33.2 Å². The van der Waals surface area contributed by atoms with Crippen LogP contribution in [0.5, 0.6) is 0 Å². The fraction of sp³-hybridized carbons (Fsp3) is 0.643. The Morgan fingerprint density at radius 3 is 2.00 bits per heavy atom. The van der Waals surface area contributed by atoms with E-state index in [4.69, 9.17) is 17.2 Å².